The Kier molecular flexibility index (Phi) is 6.10. The molecule has 28 heavy (non-hydrogen) atoms. The highest BCUT2D eigenvalue weighted by atomic mass is 79.9. The fourth-order valence-corrected chi connectivity index (χ4v) is 3.17. The van der Waals surface area contributed by atoms with E-state index in [0.29, 0.717) is 22.8 Å². The van der Waals surface area contributed by atoms with Crippen molar-refractivity contribution in [1.82, 2.24) is 0 Å². The number of hydrogen-bond acceptors (Lipinski definition) is 5. The average Bonchev–Trinajstić information content (AvgIpc) is 2.78. The number of ether oxygens (including phenoxy) is 1. The summed E-state index contributed by atoms with van der Waals surface area (Å²) < 4.78 is 5.51. The van der Waals surface area contributed by atoms with E-state index in [0.717, 1.165) is 4.47 Å². The van der Waals surface area contributed by atoms with Gasteiger partial charge in [0.05, 0.1) is 24.9 Å². The number of esters is 1. The lowest BCUT2D eigenvalue weighted by Gasteiger charge is -2.21. The first-order chi connectivity index (χ1) is 13.5. The molecule has 1 heterocycles. The maximum atomic E-state index is 12.8. The number of amides is 2. The zero-order chi connectivity index (χ0) is 20.1. The Labute approximate surface area is 170 Å². The van der Waals surface area contributed by atoms with Crippen molar-refractivity contribution in [3.63, 3.8) is 0 Å². The van der Waals surface area contributed by atoms with Crippen LogP contribution in [0.2, 0.25) is 0 Å². The molecule has 2 amide bonds. The van der Waals surface area contributed by atoms with E-state index in [-0.39, 0.29) is 18.9 Å². The molecule has 0 bridgehead atoms. The van der Waals surface area contributed by atoms with Gasteiger partial charge in [0.1, 0.15) is 6.54 Å². The van der Waals surface area contributed by atoms with Gasteiger partial charge in [0.25, 0.3) is 5.91 Å². The standard InChI is InChI=1S/C20H18BrN3O4/c1-28-20(27)11-15-10-19(26)24(17-8-3-2-7-16(17)22-15)12-18(25)23-14-6-4-5-13(21)9-14/h2-10,22H,11-12H2,1H3,(H,23,25). The van der Waals surface area contributed by atoms with Crippen molar-refractivity contribution in [3.8, 4) is 0 Å². The van der Waals surface area contributed by atoms with Crippen LogP contribution in [0, 0.1) is 0 Å². The van der Waals surface area contributed by atoms with Crippen LogP contribution in [-0.2, 0) is 19.1 Å². The molecule has 144 valence electrons. The molecule has 0 spiro atoms. The van der Waals surface area contributed by atoms with E-state index in [9.17, 15) is 14.4 Å². The molecule has 2 aromatic carbocycles. The third-order valence-electron chi connectivity index (χ3n) is 4.03. The van der Waals surface area contributed by atoms with Crippen LogP contribution in [0.5, 0.6) is 0 Å². The van der Waals surface area contributed by atoms with Crippen molar-refractivity contribution >= 4 is 50.8 Å². The molecule has 2 aromatic rings. The number of carbonyl (C=O) groups is 3. The molecule has 0 saturated carbocycles. The second-order valence-corrected chi connectivity index (χ2v) is 6.96. The van der Waals surface area contributed by atoms with Gasteiger partial charge in [0.15, 0.2) is 0 Å². The molecule has 0 radical (unpaired) electrons. The Morgan fingerprint density at radius 2 is 1.96 bits per heavy atom. The normalized spacial score (nSPS) is 13.0. The molecular weight excluding hydrogens is 426 g/mol. The number of para-hydroxylation sites is 2. The second-order valence-electron chi connectivity index (χ2n) is 6.05. The number of nitrogens with zero attached hydrogens (tertiary/aromatic N) is 1. The van der Waals surface area contributed by atoms with Gasteiger partial charge in [-0.15, -0.1) is 0 Å². The number of hydrogen-bond donors (Lipinski definition) is 2. The molecule has 0 atom stereocenters. The van der Waals surface area contributed by atoms with Gasteiger partial charge in [-0.2, -0.15) is 0 Å². The lowest BCUT2D eigenvalue weighted by atomic mass is 10.2. The molecule has 7 nitrogen and oxygen atoms in total. The van der Waals surface area contributed by atoms with Crippen molar-refractivity contribution in [2.45, 2.75) is 6.42 Å². The lowest BCUT2D eigenvalue weighted by Crippen LogP contribution is -2.37. The van der Waals surface area contributed by atoms with Crippen molar-refractivity contribution in [2.75, 3.05) is 29.2 Å². The van der Waals surface area contributed by atoms with E-state index in [4.69, 9.17) is 0 Å². The van der Waals surface area contributed by atoms with Crippen LogP contribution >= 0.6 is 15.9 Å². The summed E-state index contributed by atoms with van der Waals surface area (Å²) in [5, 5.41) is 5.85. The molecule has 0 saturated heterocycles. The smallest absolute Gasteiger partial charge is 0.311 e. The molecule has 2 N–H and O–H groups in total. The largest absolute Gasteiger partial charge is 0.469 e. The quantitative estimate of drug-likeness (QED) is 0.692. The number of benzene rings is 2. The van der Waals surface area contributed by atoms with Gasteiger partial charge in [-0.1, -0.05) is 34.1 Å². The summed E-state index contributed by atoms with van der Waals surface area (Å²) in [4.78, 5) is 38.3. The van der Waals surface area contributed by atoms with Gasteiger partial charge in [-0.3, -0.25) is 19.3 Å². The van der Waals surface area contributed by atoms with Crippen LogP contribution in [0.4, 0.5) is 17.1 Å². The fourth-order valence-electron chi connectivity index (χ4n) is 2.77. The third-order valence-corrected chi connectivity index (χ3v) is 4.52. The van der Waals surface area contributed by atoms with Crippen LogP contribution < -0.4 is 15.5 Å². The molecule has 8 heteroatoms. The first-order valence-corrected chi connectivity index (χ1v) is 9.26. The van der Waals surface area contributed by atoms with E-state index < -0.39 is 11.9 Å². The predicted molar refractivity (Wildman–Crippen MR) is 110 cm³/mol. The Morgan fingerprint density at radius 3 is 2.71 bits per heavy atom. The van der Waals surface area contributed by atoms with Crippen LogP contribution in [0.25, 0.3) is 0 Å². The van der Waals surface area contributed by atoms with Gasteiger partial charge >= 0.3 is 5.97 Å². The number of carbonyl (C=O) groups excluding carboxylic acids is 3. The first-order valence-electron chi connectivity index (χ1n) is 8.46. The summed E-state index contributed by atoms with van der Waals surface area (Å²) in [6.45, 7) is -0.175. The molecule has 0 aliphatic carbocycles. The van der Waals surface area contributed by atoms with Crippen LogP contribution in [0.3, 0.4) is 0 Å². The second kappa shape index (κ2) is 8.71. The van der Waals surface area contributed by atoms with E-state index in [1.165, 1.54) is 18.1 Å². The van der Waals surface area contributed by atoms with Crippen LogP contribution in [-0.4, -0.2) is 31.4 Å². The SMILES string of the molecule is COC(=O)CC1=CC(=O)N(CC(=O)Nc2cccc(Br)c2)c2ccccc2N1. The van der Waals surface area contributed by atoms with Gasteiger partial charge in [-0.25, -0.2) is 0 Å². The highest BCUT2D eigenvalue weighted by Crippen LogP contribution is 2.30. The number of halogens is 1. The third kappa shape index (κ3) is 4.77. The fraction of sp³-hybridized carbons (Fsp3) is 0.150. The summed E-state index contributed by atoms with van der Waals surface area (Å²) in [5.41, 5.74) is 2.20. The van der Waals surface area contributed by atoms with Crippen LogP contribution in [0.15, 0.2) is 64.8 Å². The monoisotopic (exact) mass is 443 g/mol. The summed E-state index contributed by atoms with van der Waals surface area (Å²) in [5.74, 6) is -1.21. The van der Waals surface area contributed by atoms with E-state index in [1.807, 2.05) is 6.07 Å². The zero-order valence-electron chi connectivity index (χ0n) is 15.1. The Morgan fingerprint density at radius 1 is 1.18 bits per heavy atom. The number of fused-ring (bicyclic) bond motifs is 1. The maximum Gasteiger partial charge on any atom is 0.311 e. The number of anilines is 3. The van der Waals surface area contributed by atoms with Crippen molar-refractivity contribution < 1.29 is 19.1 Å². The Hall–Kier alpha value is -3.13. The summed E-state index contributed by atoms with van der Waals surface area (Å²) in [6.07, 6.45) is 1.23. The average molecular weight is 444 g/mol. The molecule has 0 unspecified atom stereocenters. The minimum atomic E-state index is -0.468. The van der Waals surface area contributed by atoms with Crippen molar-refractivity contribution in [3.05, 3.63) is 64.8 Å². The minimum Gasteiger partial charge on any atom is -0.469 e. The Balaban J connectivity index is 1.83. The van der Waals surface area contributed by atoms with Gasteiger partial charge in [0.2, 0.25) is 5.91 Å². The number of nitrogens with one attached hydrogen (secondary N) is 2. The van der Waals surface area contributed by atoms with E-state index >= 15 is 0 Å². The summed E-state index contributed by atoms with van der Waals surface area (Å²) >= 11 is 3.35. The highest BCUT2D eigenvalue weighted by Gasteiger charge is 2.25. The summed E-state index contributed by atoms with van der Waals surface area (Å²) in [6, 6.07) is 14.3. The minimum absolute atomic E-state index is 0.0747. The van der Waals surface area contributed by atoms with Crippen LogP contribution in [0.1, 0.15) is 6.42 Å². The number of methoxy groups -OCH3 is 1. The zero-order valence-corrected chi connectivity index (χ0v) is 16.7. The molecule has 1 aliphatic rings. The van der Waals surface area contributed by atoms with Crippen molar-refractivity contribution in [2.24, 2.45) is 0 Å². The van der Waals surface area contributed by atoms with Gasteiger partial charge < -0.3 is 15.4 Å². The highest BCUT2D eigenvalue weighted by molar-refractivity contribution is 9.10. The molecule has 1 aliphatic heterocycles. The molecular formula is C20H18BrN3O4. The van der Waals surface area contributed by atoms with Gasteiger partial charge in [0, 0.05) is 21.9 Å². The molecule has 0 fully saturated rings. The molecule has 3 rings (SSSR count). The molecule has 0 aromatic heterocycles. The summed E-state index contributed by atoms with van der Waals surface area (Å²) in [7, 11) is 1.29. The maximum absolute atomic E-state index is 12.8. The Bertz CT molecular complexity index is 958. The number of rotatable bonds is 5. The lowest BCUT2D eigenvalue weighted by molar-refractivity contribution is -0.139. The van der Waals surface area contributed by atoms with Gasteiger partial charge in [-0.05, 0) is 30.3 Å². The van der Waals surface area contributed by atoms with E-state index in [2.05, 4.69) is 31.3 Å². The topological polar surface area (TPSA) is 87.7 Å². The predicted octanol–water partition coefficient (Wildman–Crippen LogP) is 3.29. The first kappa shape index (κ1) is 19.6. The van der Waals surface area contributed by atoms with E-state index in [1.54, 1.807) is 42.5 Å². The van der Waals surface area contributed by atoms with Crippen molar-refractivity contribution in [1.29, 1.82) is 0 Å².